The maximum Gasteiger partial charge on any atom is 0.130 e. The highest BCUT2D eigenvalue weighted by Gasteiger charge is 2.20. The summed E-state index contributed by atoms with van der Waals surface area (Å²) in [5.74, 6) is 0.356. The Labute approximate surface area is 318 Å². The minimum Gasteiger partial charge on any atom is -0.392 e. The Morgan fingerprint density at radius 2 is 0.824 bits per heavy atom. The molecule has 0 spiro atoms. The molecule has 7 rings (SSSR count). The molecule has 258 valence electrons. The number of aliphatic hydroxyl groups excluding tert-OH is 2. The summed E-state index contributed by atoms with van der Waals surface area (Å²) in [6.07, 6.45) is 2.37. The number of hydrogen-bond donors (Lipinski definition) is 2. The van der Waals surface area contributed by atoms with Crippen LogP contribution in [0.5, 0.6) is 0 Å². The summed E-state index contributed by atoms with van der Waals surface area (Å²) < 4.78 is 0. The number of aryl methyl sites for hydroxylation is 2. The van der Waals surface area contributed by atoms with Crippen molar-refractivity contribution in [2.24, 2.45) is 0 Å². The molecule has 5 heterocycles. The maximum absolute atomic E-state index is 12.1. The van der Waals surface area contributed by atoms with Crippen LogP contribution in [-0.4, -0.2) is 21.8 Å². The first-order valence-corrected chi connectivity index (χ1v) is 20.8. The molecule has 9 heteroatoms. The summed E-state index contributed by atoms with van der Waals surface area (Å²) in [5.41, 5.74) is 6.30. The molecule has 0 bridgehead atoms. The average Bonchev–Trinajstić information content (AvgIpc) is 3.98. The van der Waals surface area contributed by atoms with Crippen molar-refractivity contribution < 1.29 is 19.8 Å². The Balaban J connectivity index is 1.23. The van der Waals surface area contributed by atoms with Crippen molar-refractivity contribution in [3.63, 3.8) is 0 Å². The van der Waals surface area contributed by atoms with Gasteiger partial charge in [0, 0.05) is 61.6 Å². The predicted octanol–water partition coefficient (Wildman–Crippen LogP) is 12.0. The lowest BCUT2D eigenvalue weighted by Crippen LogP contribution is -1.93. The zero-order valence-corrected chi connectivity index (χ0v) is 32.3. The number of benzene rings is 2. The van der Waals surface area contributed by atoms with E-state index < -0.39 is 0 Å². The Bertz CT molecular complexity index is 2170. The van der Waals surface area contributed by atoms with E-state index in [0.717, 1.165) is 32.0 Å². The molecule has 0 aliphatic rings. The van der Waals surface area contributed by atoms with Crippen LogP contribution in [0.4, 0.5) is 0 Å². The van der Waals surface area contributed by atoms with E-state index in [1.54, 1.807) is 70.5 Å². The number of carbonyl (C=O) groups is 2. The normalized spacial score (nSPS) is 11.4. The molecule has 0 aliphatic heterocycles. The summed E-state index contributed by atoms with van der Waals surface area (Å²) in [4.78, 5) is 35.8. The van der Waals surface area contributed by atoms with E-state index in [1.165, 1.54) is 50.1 Å². The molecule has 7 aromatic rings. The highest BCUT2D eigenvalue weighted by Crippen LogP contribution is 2.49. The molecule has 0 fully saturated rings. The molecular formula is C42H36O4S5. The molecule has 2 aromatic carbocycles. The fraction of sp³-hybridized carbons (Fsp3) is 0.190. The fourth-order valence-corrected chi connectivity index (χ4v) is 12.1. The Morgan fingerprint density at radius 1 is 0.451 bits per heavy atom. The van der Waals surface area contributed by atoms with Crippen molar-refractivity contribution in [3.05, 3.63) is 119 Å². The zero-order chi connectivity index (χ0) is 35.5. The topological polar surface area (TPSA) is 74.6 Å². The molecule has 0 saturated carbocycles. The van der Waals surface area contributed by atoms with Gasteiger partial charge in [-0.15, -0.1) is 56.7 Å². The molecule has 2 N–H and O–H groups in total. The van der Waals surface area contributed by atoms with Gasteiger partial charge in [-0.25, -0.2) is 0 Å². The largest absolute Gasteiger partial charge is 0.392 e. The minimum atomic E-state index is -0.00180. The molecule has 0 radical (unpaired) electrons. The van der Waals surface area contributed by atoms with Gasteiger partial charge in [0.2, 0.25) is 0 Å². The van der Waals surface area contributed by atoms with Gasteiger partial charge in [0.1, 0.15) is 11.6 Å². The van der Waals surface area contributed by atoms with Crippen LogP contribution in [0.1, 0.15) is 48.9 Å². The zero-order valence-electron chi connectivity index (χ0n) is 28.2. The van der Waals surface area contributed by atoms with Crippen LogP contribution in [0.3, 0.4) is 0 Å². The van der Waals surface area contributed by atoms with Crippen LogP contribution in [0.2, 0.25) is 0 Å². The van der Waals surface area contributed by atoms with Gasteiger partial charge in [-0.3, -0.25) is 0 Å². The van der Waals surface area contributed by atoms with Crippen molar-refractivity contribution in [1.82, 2.24) is 0 Å². The first-order chi connectivity index (χ1) is 24.8. The number of Topliss-reactive ketones (excluding diaryl/α,β-unsaturated/α-hetero) is 2. The van der Waals surface area contributed by atoms with Crippen LogP contribution in [-0.2, 0) is 35.6 Å². The van der Waals surface area contributed by atoms with E-state index in [4.69, 9.17) is 0 Å². The van der Waals surface area contributed by atoms with Crippen LogP contribution in [0.25, 0.3) is 59.9 Å². The predicted molar refractivity (Wildman–Crippen MR) is 218 cm³/mol. The van der Waals surface area contributed by atoms with Gasteiger partial charge in [0.05, 0.1) is 13.2 Å². The van der Waals surface area contributed by atoms with Gasteiger partial charge in [-0.1, -0.05) is 48.5 Å². The molecule has 0 saturated heterocycles. The van der Waals surface area contributed by atoms with Crippen molar-refractivity contribution in [2.75, 3.05) is 0 Å². The highest BCUT2D eigenvalue weighted by molar-refractivity contribution is 7.30. The molecule has 0 unspecified atom stereocenters. The number of thiophene rings is 5. The van der Waals surface area contributed by atoms with Gasteiger partial charge in [0.15, 0.2) is 0 Å². The first kappa shape index (κ1) is 35.6. The molecule has 0 atom stereocenters. The third-order valence-electron chi connectivity index (χ3n) is 8.77. The Morgan fingerprint density at radius 3 is 1.24 bits per heavy atom. The van der Waals surface area contributed by atoms with Gasteiger partial charge in [-0.05, 0) is 109 Å². The van der Waals surface area contributed by atoms with E-state index in [2.05, 4.69) is 60.7 Å². The van der Waals surface area contributed by atoms with E-state index in [0.29, 0.717) is 25.7 Å². The molecule has 0 aliphatic carbocycles. The van der Waals surface area contributed by atoms with Gasteiger partial charge in [0.25, 0.3) is 0 Å². The summed E-state index contributed by atoms with van der Waals surface area (Å²) in [5, 5.41) is 19.8. The lowest BCUT2D eigenvalue weighted by atomic mass is 10.1. The second-order valence-corrected chi connectivity index (χ2v) is 17.8. The average molecular weight is 765 g/mol. The number of hydrogen-bond acceptors (Lipinski definition) is 9. The van der Waals surface area contributed by atoms with Crippen LogP contribution in [0.15, 0.2) is 97.1 Å². The number of aliphatic hydroxyl groups is 2. The number of rotatable bonds is 14. The molecule has 5 aromatic heterocycles. The summed E-state index contributed by atoms with van der Waals surface area (Å²) in [7, 11) is 0. The van der Waals surface area contributed by atoms with E-state index >= 15 is 0 Å². The minimum absolute atomic E-state index is 0.00180. The molecule has 0 amide bonds. The summed E-state index contributed by atoms with van der Waals surface area (Å²) >= 11 is 8.76. The smallest absolute Gasteiger partial charge is 0.130 e. The van der Waals surface area contributed by atoms with E-state index in [9.17, 15) is 19.8 Å². The molecular weight excluding hydrogens is 729 g/mol. The van der Waals surface area contributed by atoms with Crippen molar-refractivity contribution in [2.45, 2.75) is 52.7 Å². The third-order valence-corrected chi connectivity index (χ3v) is 15.2. The third kappa shape index (κ3) is 7.85. The number of ketones is 2. The summed E-state index contributed by atoms with van der Waals surface area (Å²) in [6, 6.07) is 33.4. The molecule has 51 heavy (non-hydrogen) atoms. The SMILES string of the molecule is CC(=O)CCc1cc(-c2ccc(-c3ccccc3CO)s2)sc1-c1ccc(-c2sc(-c3ccc(-c4ccccc4CO)s3)cc2CCC(C)=O)s1. The van der Waals surface area contributed by atoms with Crippen LogP contribution < -0.4 is 0 Å². The standard InChI is InChI=1S/C42H36O4S5/c1-25(45)11-13-27-21-39(35-17-15-33(47-35)31-9-5-3-7-29(31)23-43)50-41(27)37-19-20-38(49-37)42-28(14-12-26(2)46)22-40(51-42)36-18-16-34(48-36)32-10-6-4-8-30(32)24-44/h3-10,15-22,43-44H,11-14,23-24H2,1-2H3. The number of carbonyl (C=O) groups excluding carboxylic acids is 2. The first-order valence-electron chi connectivity index (χ1n) is 16.7. The Kier molecular flexibility index (Phi) is 11.1. The van der Waals surface area contributed by atoms with E-state index in [1.807, 2.05) is 36.4 Å². The second kappa shape index (κ2) is 15.8. The van der Waals surface area contributed by atoms with E-state index in [-0.39, 0.29) is 24.8 Å². The Hall–Kier alpha value is -3.80. The van der Waals surface area contributed by atoms with Crippen LogP contribution >= 0.6 is 56.7 Å². The second-order valence-electron chi connectivity index (χ2n) is 12.5. The van der Waals surface area contributed by atoms with Crippen molar-refractivity contribution in [3.8, 4) is 59.9 Å². The quantitative estimate of drug-likeness (QED) is 0.116. The fourth-order valence-electron chi connectivity index (χ4n) is 6.12. The lowest BCUT2D eigenvalue weighted by Gasteiger charge is -2.03. The lowest BCUT2D eigenvalue weighted by molar-refractivity contribution is -0.117. The maximum atomic E-state index is 12.1. The van der Waals surface area contributed by atoms with Crippen LogP contribution in [0, 0.1) is 0 Å². The van der Waals surface area contributed by atoms with Gasteiger partial charge >= 0.3 is 0 Å². The van der Waals surface area contributed by atoms with Gasteiger partial charge in [-0.2, -0.15) is 0 Å². The van der Waals surface area contributed by atoms with Gasteiger partial charge < -0.3 is 19.8 Å². The molecule has 4 nitrogen and oxygen atoms in total. The van der Waals surface area contributed by atoms with Crippen molar-refractivity contribution in [1.29, 1.82) is 0 Å². The summed E-state index contributed by atoms with van der Waals surface area (Å²) in [6.45, 7) is 3.30. The monoisotopic (exact) mass is 764 g/mol. The highest BCUT2D eigenvalue weighted by atomic mass is 32.1. The van der Waals surface area contributed by atoms with Crippen molar-refractivity contribution >= 4 is 68.3 Å².